The molecule has 0 aliphatic heterocycles. The minimum Gasteiger partial charge on any atom is -0.391 e. The second-order valence-electron chi connectivity index (χ2n) is 6.92. The van der Waals surface area contributed by atoms with E-state index in [9.17, 15) is 5.11 Å². The number of aliphatic hydroxyl groups is 1. The Bertz CT molecular complexity index is 241. The molecule has 2 atom stereocenters. The Hall–Kier alpha value is -0.120. The molecule has 1 N–H and O–H groups in total. The van der Waals surface area contributed by atoms with Crippen molar-refractivity contribution < 1.29 is 9.84 Å². The van der Waals surface area contributed by atoms with Crippen LogP contribution in [0.1, 0.15) is 47.0 Å². The lowest BCUT2D eigenvalue weighted by molar-refractivity contribution is -0.0282. The Morgan fingerprint density at radius 2 is 2.06 bits per heavy atom. The highest BCUT2D eigenvalue weighted by molar-refractivity contribution is 4.91. The van der Waals surface area contributed by atoms with E-state index in [0.717, 1.165) is 39.0 Å². The van der Waals surface area contributed by atoms with Crippen LogP contribution in [-0.2, 0) is 4.74 Å². The molecule has 0 bridgehead atoms. The van der Waals surface area contributed by atoms with Gasteiger partial charge in [0.05, 0.1) is 12.7 Å². The molecule has 108 valence electrons. The van der Waals surface area contributed by atoms with Gasteiger partial charge in [0.1, 0.15) is 0 Å². The van der Waals surface area contributed by atoms with Crippen molar-refractivity contribution >= 4 is 0 Å². The molecule has 2 unspecified atom stereocenters. The number of hydrogen-bond donors (Lipinski definition) is 1. The molecule has 1 aliphatic carbocycles. The van der Waals surface area contributed by atoms with Gasteiger partial charge in [0.15, 0.2) is 0 Å². The lowest BCUT2D eigenvalue weighted by Gasteiger charge is -2.44. The van der Waals surface area contributed by atoms with E-state index < -0.39 is 0 Å². The lowest BCUT2D eigenvalue weighted by Crippen LogP contribution is -2.51. The molecule has 0 aromatic heterocycles. The Morgan fingerprint density at radius 3 is 2.61 bits per heavy atom. The minimum atomic E-state index is -0.173. The van der Waals surface area contributed by atoms with E-state index in [1.54, 1.807) is 7.11 Å². The first-order valence-corrected chi connectivity index (χ1v) is 7.27. The maximum absolute atomic E-state index is 10.3. The molecule has 1 saturated carbocycles. The summed E-state index contributed by atoms with van der Waals surface area (Å²) < 4.78 is 5.21. The van der Waals surface area contributed by atoms with Gasteiger partial charge < -0.3 is 9.84 Å². The van der Waals surface area contributed by atoms with Gasteiger partial charge in [-0.25, -0.2) is 0 Å². The number of rotatable bonds is 6. The summed E-state index contributed by atoms with van der Waals surface area (Å²) in [6, 6.07) is 0.297. The predicted molar refractivity (Wildman–Crippen MR) is 75.7 cm³/mol. The second-order valence-corrected chi connectivity index (χ2v) is 6.92. The fourth-order valence-electron chi connectivity index (χ4n) is 2.98. The maximum Gasteiger partial charge on any atom is 0.0695 e. The lowest BCUT2D eigenvalue weighted by atomic mass is 9.73. The number of hydrogen-bond acceptors (Lipinski definition) is 3. The molecule has 0 heterocycles. The van der Waals surface area contributed by atoms with E-state index in [0.29, 0.717) is 17.4 Å². The summed E-state index contributed by atoms with van der Waals surface area (Å²) in [5, 5.41) is 10.3. The Labute approximate surface area is 113 Å². The molecule has 1 aliphatic rings. The van der Waals surface area contributed by atoms with Crippen LogP contribution in [0.25, 0.3) is 0 Å². The van der Waals surface area contributed by atoms with Crippen LogP contribution in [0.3, 0.4) is 0 Å². The fourth-order valence-corrected chi connectivity index (χ4v) is 2.98. The van der Waals surface area contributed by atoms with E-state index in [1.807, 2.05) is 0 Å². The van der Waals surface area contributed by atoms with Crippen molar-refractivity contribution in [2.75, 3.05) is 26.8 Å². The summed E-state index contributed by atoms with van der Waals surface area (Å²) >= 11 is 0. The van der Waals surface area contributed by atoms with Crippen molar-refractivity contribution in [3.63, 3.8) is 0 Å². The van der Waals surface area contributed by atoms with Gasteiger partial charge in [-0.2, -0.15) is 0 Å². The average molecular weight is 257 g/mol. The number of ether oxygens (including phenoxy) is 1. The molecule has 0 saturated heterocycles. The third-order valence-corrected chi connectivity index (χ3v) is 3.97. The predicted octanol–water partition coefficient (Wildman–Crippen LogP) is 2.53. The molecule has 3 nitrogen and oxygen atoms in total. The molecule has 1 rings (SSSR count). The molecule has 0 amide bonds. The molecule has 3 heteroatoms. The molecule has 0 aromatic carbocycles. The first-order valence-electron chi connectivity index (χ1n) is 7.27. The van der Waals surface area contributed by atoms with Crippen LogP contribution in [-0.4, -0.2) is 49.0 Å². The average Bonchev–Trinajstić information content (AvgIpc) is 2.27. The maximum atomic E-state index is 10.3. The van der Waals surface area contributed by atoms with Crippen molar-refractivity contribution in [1.82, 2.24) is 4.90 Å². The second kappa shape index (κ2) is 6.88. The molecule has 18 heavy (non-hydrogen) atoms. The molecule has 0 aromatic rings. The van der Waals surface area contributed by atoms with E-state index in [2.05, 4.69) is 32.6 Å². The minimum absolute atomic E-state index is 0.173. The van der Waals surface area contributed by atoms with Gasteiger partial charge in [0.2, 0.25) is 0 Å². The molecular formula is C15H31NO2. The first kappa shape index (κ1) is 15.9. The van der Waals surface area contributed by atoms with Crippen LogP contribution < -0.4 is 0 Å². The van der Waals surface area contributed by atoms with Crippen molar-refractivity contribution in [2.24, 2.45) is 11.3 Å². The van der Waals surface area contributed by atoms with Crippen LogP contribution >= 0.6 is 0 Å². The third kappa shape index (κ3) is 4.87. The number of nitrogens with zero attached hydrogens (tertiary/aromatic N) is 1. The fraction of sp³-hybridized carbons (Fsp3) is 1.00. The third-order valence-electron chi connectivity index (χ3n) is 3.97. The summed E-state index contributed by atoms with van der Waals surface area (Å²) in [5.41, 5.74) is 0.353. The Balaban J connectivity index is 2.68. The van der Waals surface area contributed by atoms with Crippen LogP contribution in [0.2, 0.25) is 0 Å². The molecule has 0 spiro atoms. The van der Waals surface area contributed by atoms with E-state index in [-0.39, 0.29) is 6.10 Å². The highest BCUT2D eigenvalue weighted by Gasteiger charge is 2.37. The van der Waals surface area contributed by atoms with E-state index >= 15 is 0 Å². The Morgan fingerprint density at radius 1 is 1.39 bits per heavy atom. The highest BCUT2D eigenvalue weighted by atomic mass is 16.5. The van der Waals surface area contributed by atoms with Gasteiger partial charge in [-0.3, -0.25) is 4.90 Å². The highest BCUT2D eigenvalue weighted by Crippen LogP contribution is 2.37. The van der Waals surface area contributed by atoms with Crippen molar-refractivity contribution in [3.8, 4) is 0 Å². The zero-order chi connectivity index (χ0) is 13.8. The molecule has 0 radical (unpaired) electrons. The topological polar surface area (TPSA) is 32.7 Å². The van der Waals surface area contributed by atoms with E-state index in [1.165, 1.54) is 0 Å². The number of methoxy groups -OCH3 is 1. The van der Waals surface area contributed by atoms with Gasteiger partial charge in [0.25, 0.3) is 0 Å². The standard InChI is InChI=1S/C15H31NO2/c1-12(2)11-16(8-9-18-5)13-10-15(3,4)7-6-14(13)17/h12-14,17H,6-11H2,1-5H3. The van der Waals surface area contributed by atoms with Crippen LogP contribution in [0.5, 0.6) is 0 Å². The summed E-state index contributed by atoms with van der Waals surface area (Å²) in [6.07, 6.45) is 2.97. The van der Waals surface area contributed by atoms with Crippen molar-refractivity contribution in [2.45, 2.75) is 59.1 Å². The van der Waals surface area contributed by atoms with Crippen molar-refractivity contribution in [3.05, 3.63) is 0 Å². The van der Waals surface area contributed by atoms with Gasteiger partial charge in [-0.05, 0) is 30.6 Å². The molecular weight excluding hydrogens is 226 g/mol. The van der Waals surface area contributed by atoms with Crippen LogP contribution in [0.4, 0.5) is 0 Å². The Kier molecular flexibility index (Phi) is 6.09. The van der Waals surface area contributed by atoms with Gasteiger partial charge in [0, 0.05) is 26.2 Å². The zero-order valence-corrected chi connectivity index (χ0v) is 12.8. The van der Waals surface area contributed by atoms with Crippen LogP contribution in [0, 0.1) is 11.3 Å². The summed E-state index contributed by atoms with van der Waals surface area (Å²) in [4.78, 5) is 2.43. The first-order chi connectivity index (χ1) is 8.35. The van der Waals surface area contributed by atoms with Crippen molar-refractivity contribution in [1.29, 1.82) is 0 Å². The van der Waals surface area contributed by atoms with Gasteiger partial charge in [-0.15, -0.1) is 0 Å². The monoisotopic (exact) mass is 257 g/mol. The normalized spacial score (nSPS) is 28.0. The summed E-state index contributed by atoms with van der Waals surface area (Å²) in [6.45, 7) is 11.8. The quantitative estimate of drug-likeness (QED) is 0.793. The number of aliphatic hydroxyl groups excluding tert-OH is 1. The largest absolute Gasteiger partial charge is 0.391 e. The SMILES string of the molecule is COCCN(CC(C)C)C1CC(C)(C)CCC1O. The molecule has 1 fully saturated rings. The van der Waals surface area contributed by atoms with Crippen LogP contribution in [0.15, 0.2) is 0 Å². The summed E-state index contributed by atoms with van der Waals surface area (Å²) in [7, 11) is 1.74. The van der Waals surface area contributed by atoms with Gasteiger partial charge >= 0.3 is 0 Å². The van der Waals surface area contributed by atoms with Gasteiger partial charge in [-0.1, -0.05) is 27.7 Å². The van der Waals surface area contributed by atoms with E-state index in [4.69, 9.17) is 4.74 Å². The zero-order valence-electron chi connectivity index (χ0n) is 12.8. The smallest absolute Gasteiger partial charge is 0.0695 e. The summed E-state index contributed by atoms with van der Waals surface area (Å²) in [5.74, 6) is 0.624.